The van der Waals surface area contributed by atoms with Crippen molar-refractivity contribution >= 4 is 34.9 Å². The number of piperidine rings is 1. The predicted molar refractivity (Wildman–Crippen MR) is 132 cm³/mol. The number of nitrogen functional groups attached to an aromatic ring is 1. The van der Waals surface area contributed by atoms with Gasteiger partial charge in [0.2, 0.25) is 5.91 Å². The van der Waals surface area contributed by atoms with Crippen molar-refractivity contribution in [3.8, 4) is 11.1 Å². The summed E-state index contributed by atoms with van der Waals surface area (Å²) in [5.74, 6) is -1.14. The molecule has 0 spiro atoms. The third kappa shape index (κ3) is 4.75. The van der Waals surface area contributed by atoms with Crippen LogP contribution in [-0.4, -0.2) is 23.3 Å². The predicted octanol–water partition coefficient (Wildman–Crippen LogP) is 5.38. The molecule has 2 atom stereocenters. The third-order valence-corrected chi connectivity index (χ3v) is 6.39. The van der Waals surface area contributed by atoms with Crippen LogP contribution in [0.4, 0.5) is 15.9 Å². The standard InChI is InChI=1S/C26H26ClFN4O2/c1-15-5-4-12-32(26(15)34)22-10-11-30-24(29)23(22)18-8-9-20(21(28)14-18)25(33)31-16(2)17-6-3-7-19(27)13-17/h3,6-11,13-16H,4-5,12H2,1-2H3,(H2,29,30)(H,31,33)/t15-,16-/m1/s1. The van der Waals surface area contributed by atoms with Crippen molar-refractivity contribution in [2.75, 3.05) is 17.2 Å². The fourth-order valence-corrected chi connectivity index (χ4v) is 4.47. The molecule has 0 aliphatic carbocycles. The zero-order valence-electron chi connectivity index (χ0n) is 19.0. The van der Waals surface area contributed by atoms with Gasteiger partial charge in [0.15, 0.2) is 0 Å². The maximum absolute atomic E-state index is 15.1. The van der Waals surface area contributed by atoms with E-state index in [0.29, 0.717) is 28.4 Å². The zero-order valence-corrected chi connectivity index (χ0v) is 19.8. The Balaban J connectivity index is 1.63. The number of carbonyl (C=O) groups excluding carboxylic acids is 2. The van der Waals surface area contributed by atoms with E-state index < -0.39 is 11.7 Å². The van der Waals surface area contributed by atoms with Gasteiger partial charge in [0, 0.05) is 29.2 Å². The number of pyridine rings is 1. The first kappa shape index (κ1) is 23.7. The number of hydrogen-bond donors (Lipinski definition) is 2. The number of amides is 2. The highest BCUT2D eigenvalue weighted by molar-refractivity contribution is 6.30. The van der Waals surface area contributed by atoms with E-state index in [4.69, 9.17) is 17.3 Å². The Morgan fingerprint density at radius 2 is 2.06 bits per heavy atom. The summed E-state index contributed by atoms with van der Waals surface area (Å²) in [5, 5.41) is 3.35. The molecule has 3 N–H and O–H groups in total. The fraction of sp³-hybridized carbons (Fsp3) is 0.269. The number of anilines is 2. The molecule has 1 aliphatic rings. The number of nitrogens with one attached hydrogen (secondary N) is 1. The lowest BCUT2D eigenvalue weighted by Crippen LogP contribution is -2.40. The molecule has 6 nitrogen and oxygen atoms in total. The van der Waals surface area contributed by atoms with Gasteiger partial charge in [0.1, 0.15) is 11.6 Å². The lowest BCUT2D eigenvalue weighted by Gasteiger charge is -2.32. The van der Waals surface area contributed by atoms with E-state index in [0.717, 1.165) is 18.4 Å². The molecule has 2 amide bonds. The minimum atomic E-state index is -0.694. The summed E-state index contributed by atoms with van der Waals surface area (Å²) in [6, 6.07) is 12.8. The number of carbonyl (C=O) groups is 2. The smallest absolute Gasteiger partial charge is 0.254 e. The van der Waals surface area contributed by atoms with Gasteiger partial charge in [-0.15, -0.1) is 0 Å². The van der Waals surface area contributed by atoms with Gasteiger partial charge in [-0.1, -0.05) is 36.7 Å². The molecule has 1 fully saturated rings. The number of nitrogens with zero attached hydrogens (tertiary/aromatic N) is 2. The molecular formula is C26H26ClFN4O2. The summed E-state index contributed by atoms with van der Waals surface area (Å²) in [5.41, 5.74) is 8.40. The summed E-state index contributed by atoms with van der Waals surface area (Å²) in [4.78, 5) is 31.4. The largest absolute Gasteiger partial charge is 0.383 e. The van der Waals surface area contributed by atoms with Crippen LogP contribution in [0.1, 0.15) is 48.7 Å². The number of rotatable bonds is 5. The molecule has 4 rings (SSSR count). The topological polar surface area (TPSA) is 88.3 Å². The molecule has 0 radical (unpaired) electrons. The van der Waals surface area contributed by atoms with Crippen LogP contribution in [-0.2, 0) is 4.79 Å². The zero-order chi connectivity index (χ0) is 24.4. The monoisotopic (exact) mass is 480 g/mol. The third-order valence-electron chi connectivity index (χ3n) is 6.15. The van der Waals surface area contributed by atoms with Crippen LogP contribution in [0.2, 0.25) is 5.02 Å². The first-order valence-corrected chi connectivity index (χ1v) is 11.6. The van der Waals surface area contributed by atoms with Crippen molar-refractivity contribution in [2.45, 2.75) is 32.7 Å². The maximum Gasteiger partial charge on any atom is 0.254 e. The Hall–Kier alpha value is -3.45. The summed E-state index contributed by atoms with van der Waals surface area (Å²) in [6.45, 7) is 4.26. The number of nitrogens with two attached hydrogens (primary N) is 1. The van der Waals surface area contributed by atoms with E-state index in [1.54, 1.807) is 42.2 Å². The molecule has 2 heterocycles. The van der Waals surface area contributed by atoms with Gasteiger partial charge < -0.3 is 16.0 Å². The molecule has 1 saturated heterocycles. The van der Waals surface area contributed by atoms with Gasteiger partial charge in [-0.2, -0.15) is 0 Å². The minimum absolute atomic E-state index is 0.00423. The molecule has 8 heteroatoms. The van der Waals surface area contributed by atoms with Crippen molar-refractivity contribution in [2.24, 2.45) is 5.92 Å². The van der Waals surface area contributed by atoms with Crippen molar-refractivity contribution < 1.29 is 14.0 Å². The van der Waals surface area contributed by atoms with Crippen molar-refractivity contribution in [1.29, 1.82) is 0 Å². The Labute approximate surface area is 202 Å². The summed E-state index contributed by atoms with van der Waals surface area (Å²) in [7, 11) is 0. The van der Waals surface area contributed by atoms with E-state index in [2.05, 4.69) is 10.3 Å². The number of aromatic nitrogens is 1. The lowest BCUT2D eigenvalue weighted by molar-refractivity contribution is -0.123. The summed E-state index contributed by atoms with van der Waals surface area (Å²) < 4.78 is 15.1. The molecule has 0 bridgehead atoms. The molecule has 0 saturated carbocycles. The Morgan fingerprint density at radius 1 is 1.26 bits per heavy atom. The maximum atomic E-state index is 15.1. The number of hydrogen-bond acceptors (Lipinski definition) is 4. The second-order valence-electron chi connectivity index (χ2n) is 8.57. The van der Waals surface area contributed by atoms with Crippen LogP contribution in [0.25, 0.3) is 11.1 Å². The van der Waals surface area contributed by atoms with Crippen LogP contribution >= 0.6 is 11.6 Å². The fourth-order valence-electron chi connectivity index (χ4n) is 4.27. The highest BCUT2D eigenvalue weighted by Gasteiger charge is 2.29. The molecule has 2 aromatic carbocycles. The van der Waals surface area contributed by atoms with Gasteiger partial charge in [-0.3, -0.25) is 9.59 Å². The van der Waals surface area contributed by atoms with E-state index in [-0.39, 0.29) is 29.2 Å². The molecule has 176 valence electrons. The molecule has 34 heavy (non-hydrogen) atoms. The highest BCUT2D eigenvalue weighted by atomic mass is 35.5. The van der Waals surface area contributed by atoms with Gasteiger partial charge >= 0.3 is 0 Å². The molecular weight excluding hydrogens is 455 g/mol. The van der Waals surface area contributed by atoms with Crippen molar-refractivity contribution in [3.63, 3.8) is 0 Å². The van der Waals surface area contributed by atoms with Crippen LogP contribution in [0.5, 0.6) is 0 Å². The Kier molecular flexibility index (Phi) is 6.84. The van der Waals surface area contributed by atoms with Crippen LogP contribution in [0.15, 0.2) is 54.7 Å². The Morgan fingerprint density at radius 3 is 2.79 bits per heavy atom. The van der Waals surface area contributed by atoms with Crippen molar-refractivity contribution in [1.82, 2.24) is 10.3 Å². The SMILES string of the molecule is C[C@@H]1CCCN(c2ccnc(N)c2-c2ccc(C(=O)N[C@H](C)c3cccc(Cl)c3)c(F)c2)C1=O. The van der Waals surface area contributed by atoms with Gasteiger partial charge in [-0.25, -0.2) is 9.37 Å². The van der Waals surface area contributed by atoms with Crippen LogP contribution < -0.4 is 16.0 Å². The summed E-state index contributed by atoms with van der Waals surface area (Å²) >= 11 is 6.03. The van der Waals surface area contributed by atoms with Crippen LogP contribution in [0, 0.1) is 11.7 Å². The molecule has 1 aromatic heterocycles. The average molecular weight is 481 g/mol. The minimum Gasteiger partial charge on any atom is -0.383 e. The van der Waals surface area contributed by atoms with E-state index in [1.807, 2.05) is 13.0 Å². The van der Waals surface area contributed by atoms with Gasteiger partial charge in [0.25, 0.3) is 5.91 Å². The molecule has 0 unspecified atom stereocenters. The Bertz CT molecular complexity index is 1250. The van der Waals surface area contributed by atoms with E-state index in [9.17, 15) is 9.59 Å². The normalized spacial score (nSPS) is 16.9. The molecule has 1 aliphatic heterocycles. The number of benzene rings is 2. The number of halogens is 2. The second-order valence-corrected chi connectivity index (χ2v) is 9.00. The van der Waals surface area contributed by atoms with E-state index in [1.165, 1.54) is 18.3 Å². The molecule has 3 aromatic rings. The van der Waals surface area contributed by atoms with Crippen molar-refractivity contribution in [3.05, 3.63) is 76.7 Å². The first-order chi connectivity index (χ1) is 16.3. The lowest BCUT2D eigenvalue weighted by atomic mass is 9.96. The average Bonchev–Trinajstić information content (AvgIpc) is 2.80. The van der Waals surface area contributed by atoms with Crippen LogP contribution in [0.3, 0.4) is 0 Å². The second kappa shape index (κ2) is 9.81. The van der Waals surface area contributed by atoms with Gasteiger partial charge in [-0.05, 0) is 61.2 Å². The quantitative estimate of drug-likeness (QED) is 0.513. The first-order valence-electron chi connectivity index (χ1n) is 11.2. The van der Waals surface area contributed by atoms with Gasteiger partial charge in [0.05, 0.1) is 17.3 Å². The highest BCUT2D eigenvalue weighted by Crippen LogP contribution is 2.37. The summed E-state index contributed by atoms with van der Waals surface area (Å²) in [6.07, 6.45) is 3.24. The van der Waals surface area contributed by atoms with E-state index >= 15 is 4.39 Å².